The van der Waals surface area contributed by atoms with Crippen LogP contribution in [0.3, 0.4) is 0 Å². The lowest BCUT2D eigenvalue weighted by Crippen LogP contribution is -2.19. The van der Waals surface area contributed by atoms with Crippen LogP contribution in [0.5, 0.6) is 0 Å². The molecule has 5 rings (SSSR count). The van der Waals surface area contributed by atoms with Gasteiger partial charge in [-0.15, -0.1) is 0 Å². The van der Waals surface area contributed by atoms with Gasteiger partial charge in [0.05, 0.1) is 29.0 Å². The minimum atomic E-state index is 0.359. The first-order valence-electron chi connectivity index (χ1n) is 8.65. The SMILES string of the molecule is Cc1nc2c(-c3noc(-c4cncc(N5CCCC5)n4)n3)cccc2[nH]1. The molecule has 1 aromatic carbocycles. The van der Waals surface area contributed by atoms with E-state index < -0.39 is 0 Å². The molecule has 3 aromatic heterocycles. The first kappa shape index (κ1) is 15.0. The van der Waals surface area contributed by atoms with Crippen LogP contribution in [0, 0.1) is 6.92 Å². The second-order valence-corrected chi connectivity index (χ2v) is 6.40. The standard InChI is InChI=1S/C18H17N7O/c1-11-20-13-6-4-5-12(16(13)21-11)17-23-18(26-24-17)14-9-19-10-15(22-14)25-7-2-3-8-25/h4-6,9-10H,2-3,7-8H2,1H3,(H,20,21). The molecule has 0 spiro atoms. The fraction of sp³-hybridized carbons (Fsp3) is 0.278. The van der Waals surface area contributed by atoms with Gasteiger partial charge in [-0.05, 0) is 31.9 Å². The van der Waals surface area contributed by atoms with Crippen molar-refractivity contribution < 1.29 is 4.52 Å². The van der Waals surface area contributed by atoms with Gasteiger partial charge >= 0.3 is 0 Å². The Kier molecular flexibility index (Phi) is 3.41. The lowest BCUT2D eigenvalue weighted by molar-refractivity contribution is 0.431. The van der Waals surface area contributed by atoms with Gasteiger partial charge in [-0.25, -0.2) is 9.97 Å². The Bertz CT molecular complexity index is 1080. The van der Waals surface area contributed by atoms with Gasteiger partial charge < -0.3 is 14.4 Å². The second-order valence-electron chi connectivity index (χ2n) is 6.40. The Labute approximate surface area is 149 Å². The van der Waals surface area contributed by atoms with Crippen LogP contribution in [0.2, 0.25) is 0 Å². The van der Waals surface area contributed by atoms with Gasteiger partial charge in [0.2, 0.25) is 5.82 Å². The molecule has 8 heteroatoms. The van der Waals surface area contributed by atoms with Gasteiger partial charge in [0.25, 0.3) is 5.89 Å². The first-order chi connectivity index (χ1) is 12.8. The van der Waals surface area contributed by atoms with Gasteiger partial charge in [-0.3, -0.25) is 4.98 Å². The van der Waals surface area contributed by atoms with Crippen molar-refractivity contribution in [3.63, 3.8) is 0 Å². The van der Waals surface area contributed by atoms with Crippen LogP contribution in [0.4, 0.5) is 5.82 Å². The quantitative estimate of drug-likeness (QED) is 0.608. The average Bonchev–Trinajstić information content (AvgIpc) is 3.41. The topological polar surface area (TPSA) is 96.6 Å². The second kappa shape index (κ2) is 5.91. The molecule has 1 N–H and O–H groups in total. The highest BCUT2D eigenvalue weighted by Crippen LogP contribution is 2.27. The number of benzene rings is 1. The van der Waals surface area contributed by atoms with E-state index in [1.807, 2.05) is 25.1 Å². The maximum absolute atomic E-state index is 5.46. The predicted molar refractivity (Wildman–Crippen MR) is 96.6 cm³/mol. The number of rotatable bonds is 3. The smallest absolute Gasteiger partial charge is 0.278 e. The average molecular weight is 347 g/mol. The molecule has 0 aliphatic carbocycles. The lowest BCUT2D eigenvalue weighted by Gasteiger charge is -2.15. The number of para-hydroxylation sites is 1. The molecule has 8 nitrogen and oxygen atoms in total. The molecule has 4 aromatic rings. The van der Waals surface area contributed by atoms with Crippen molar-refractivity contribution in [1.82, 2.24) is 30.1 Å². The van der Waals surface area contributed by atoms with E-state index in [-0.39, 0.29) is 0 Å². The number of nitrogens with one attached hydrogen (secondary N) is 1. The number of nitrogens with zero attached hydrogens (tertiary/aromatic N) is 6. The molecule has 0 atom stereocenters. The van der Waals surface area contributed by atoms with E-state index in [4.69, 9.17) is 4.52 Å². The van der Waals surface area contributed by atoms with E-state index in [2.05, 4.69) is 35.0 Å². The summed E-state index contributed by atoms with van der Waals surface area (Å²) in [5.74, 6) is 2.55. The largest absolute Gasteiger partial charge is 0.355 e. The van der Waals surface area contributed by atoms with Crippen LogP contribution in [-0.4, -0.2) is 43.2 Å². The molecule has 130 valence electrons. The third-order valence-electron chi connectivity index (χ3n) is 4.57. The third kappa shape index (κ3) is 2.50. The highest BCUT2D eigenvalue weighted by Gasteiger charge is 2.18. The van der Waals surface area contributed by atoms with Crippen LogP contribution >= 0.6 is 0 Å². The number of hydrogen-bond acceptors (Lipinski definition) is 7. The van der Waals surface area contributed by atoms with Gasteiger partial charge in [0, 0.05) is 13.1 Å². The first-order valence-corrected chi connectivity index (χ1v) is 8.65. The van der Waals surface area contributed by atoms with Crippen LogP contribution in [0.15, 0.2) is 35.1 Å². The Morgan fingerprint density at radius 3 is 2.85 bits per heavy atom. The van der Waals surface area contributed by atoms with Crippen LogP contribution in [0.1, 0.15) is 18.7 Å². The molecule has 0 radical (unpaired) electrons. The number of imidazole rings is 1. The van der Waals surface area contributed by atoms with Gasteiger partial charge in [0.1, 0.15) is 17.3 Å². The Morgan fingerprint density at radius 2 is 1.96 bits per heavy atom. The molecule has 1 aliphatic heterocycles. The van der Waals surface area contributed by atoms with E-state index in [0.29, 0.717) is 17.4 Å². The molecular formula is C18H17N7O. The number of aryl methyl sites for hydroxylation is 1. The van der Waals surface area contributed by atoms with Crippen molar-refractivity contribution in [2.45, 2.75) is 19.8 Å². The van der Waals surface area contributed by atoms with E-state index in [9.17, 15) is 0 Å². The minimum Gasteiger partial charge on any atom is -0.355 e. The maximum atomic E-state index is 5.46. The van der Waals surface area contributed by atoms with Crippen LogP contribution in [-0.2, 0) is 0 Å². The Hall–Kier alpha value is -3.29. The minimum absolute atomic E-state index is 0.359. The summed E-state index contributed by atoms with van der Waals surface area (Å²) in [6.07, 6.45) is 5.79. The molecule has 26 heavy (non-hydrogen) atoms. The normalized spacial score (nSPS) is 14.4. The number of fused-ring (bicyclic) bond motifs is 1. The number of H-pyrrole nitrogens is 1. The summed E-state index contributed by atoms with van der Waals surface area (Å²) in [4.78, 5) is 23.4. The molecule has 1 fully saturated rings. The van der Waals surface area contributed by atoms with Crippen molar-refractivity contribution in [2.75, 3.05) is 18.0 Å². The molecule has 0 bridgehead atoms. The Morgan fingerprint density at radius 1 is 1.08 bits per heavy atom. The summed E-state index contributed by atoms with van der Waals surface area (Å²) >= 11 is 0. The fourth-order valence-corrected chi connectivity index (χ4v) is 3.33. The summed E-state index contributed by atoms with van der Waals surface area (Å²) in [6.45, 7) is 3.94. The number of hydrogen-bond donors (Lipinski definition) is 1. The van der Waals surface area contributed by atoms with E-state index >= 15 is 0 Å². The zero-order chi connectivity index (χ0) is 17.5. The molecule has 0 amide bonds. The predicted octanol–water partition coefficient (Wildman–Crippen LogP) is 2.98. The van der Waals surface area contributed by atoms with Gasteiger partial charge in [-0.1, -0.05) is 11.2 Å². The van der Waals surface area contributed by atoms with Crippen molar-refractivity contribution >= 4 is 16.9 Å². The van der Waals surface area contributed by atoms with Crippen LogP contribution in [0.25, 0.3) is 34.0 Å². The summed E-state index contributed by atoms with van der Waals surface area (Å²) in [5.41, 5.74) is 3.18. The van der Waals surface area contributed by atoms with Crippen molar-refractivity contribution in [2.24, 2.45) is 0 Å². The summed E-state index contributed by atoms with van der Waals surface area (Å²) in [7, 11) is 0. The molecule has 0 unspecified atom stereocenters. The number of anilines is 1. The van der Waals surface area contributed by atoms with Crippen molar-refractivity contribution in [3.8, 4) is 23.0 Å². The maximum Gasteiger partial charge on any atom is 0.278 e. The zero-order valence-corrected chi connectivity index (χ0v) is 14.3. The summed E-state index contributed by atoms with van der Waals surface area (Å²) in [5, 5.41) is 4.13. The summed E-state index contributed by atoms with van der Waals surface area (Å²) < 4.78 is 5.46. The molecule has 4 heterocycles. The van der Waals surface area contributed by atoms with E-state index in [1.54, 1.807) is 12.4 Å². The van der Waals surface area contributed by atoms with Crippen LogP contribution < -0.4 is 4.90 Å². The monoisotopic (exact) mass is 347 g/mol. The van der Waals surface area contributed by atoms with E-state index in [0.717, 1.165) is 41.3 Å². The van der Waals surface area contributed by atoms with Gasteiger partial charge in [-0.2, -0.15) is 4.98 Å². The molecular weight excluding hydrogens is 330 g/mol. The highest BCUT2D eigenvalue weighted by molar-refractivity contribution is 5.90. The zero-order valence-electron chi connectivity index (χ0n) is 14.3. The molecule has 1 saturated heterocycles. The van der Waals surface area contributed by atoms with E-state index in [1.165, 1.54) is 12.8 Å². The summed E-state index contributed by atoms with van der Waals surface area (Å²) in [6, 6.07) is 5.85. The molecule has 1 aliphatic rings. The Balaban J connectivity index is 1.53. The fourth-order valence-electron chi connectivity index (χ4n) is 3.33. The van der Waals surface area contributed by atoms with Gasteiger partial charge in [0.15, 0.2) is 0 Å². The highest BCUT2D eigenvalue weighted by atomic mass is 16.5. The molecule has 0 saturated carbocycles. The number of aromatic nitrogens is 6. The van der Waals surface area contributed by atoms with Crippen molar-refractivity contribution in [1.29, 1.82) is 0 Å². The number of aromatic amines is 1. The van der Waals surface area contributed by atoms with Crippen molar-refractivity contribution in [3.05, 3.63) is 36.4 Å². The third-order valence-corrected chi connectivity index (χ3v) is 4.57. The lowest BCUT2D eigenvalue weighted by atomic mass is 10.2.